The number of nitrogens with zero attached hydrogens (tertiary/aromatic N) is 1. The molecule has 0 spiro atoms. The third-order valence-electron chi connectivity index (χ3n) is 4.37. The van der Waals surface area contributed by atoms with E-state index in [-0.39, 0.29) is 0 Å². The van der Waals surface area contributed by atoms with E-state index in [0.717, 1.165) is 19.8 Å². The first-order valence-corrected chi connectivity index (χ1v) is 8.26. The summed E-state index contributed by atoms with van der Waals surface area (Å²) in [5, 5.41) is 3.65. The Labute approximate surface area is 129 Å². The van der Waals surface area contributed by atoms with Gasteiger partial charge in [0.25, 0.3) is 0 Å². The maximum absolute atomic E-state index is 5.58. The molecule has 1 aromatic rings. The number of hydrogen-bond acceptors (Lipinski definition) is 3. The van der Waals surface area contributed by atoms with Gasteiger partial charge in [-0.25, -0.2) is 0 Å². The van der Waals surface area contributed by atoms with Crippen molar-refractivity contribution in [2.24, 2.45) is 5.92 Å². The molecule has 0 fully saturated rings. The molecule has 0 saturated carbocycles. The van der Waals surface area contributed by atoms with Crippen LogP contribution in [0.25, 0.3) is 0 Å². The lowest BCUT2D eigenvalue weighted by atomic mass is 9.99. The Kier molecular flexibility index (Phi) is 6.07. The first-order valence-electron chi connectivity index (χ1n) is 8.26. The van der Waals surface area contributed by atoms with E-state index in [1.807, 2.05) is 0 Å². The third-order valence-corrected chi connectivity index (χ3v) is 4.37. The van der Waals surface area contributed by atoms with Crippen molar-refractivity contribution in [2.45, 2.75) is 46.2 Å². The van der Waals surface area contributed by atoms with E-state index in [1.54, 1.807) is 0 Å². The number of nitrogens with one attached hydrogen (secondary N) is 1. The van der Waals surface area contributed by atoms with Crippen molar-refractivity contribution >= 4 is 5.69 Å². The number of ether oxygens (including phenoxy) is 1. The van der Waals surface area contributed by atoms with Crippen LogP contribution in [0.4, 0.5) is 5.69 Å². The lowest BCUT2D eigenvalue weighted by Gasteiger charge is -2.28. The highest BCUT2D eigenvalue weighted by Crippen LogP contribution is 2.26. The molecule has 3 nitrogen and oxygen atoms in total. The first-order chi connectivity index (χ1) is 10.1. The molecule has 0 aliphatic carbocycles. The van der Waals surface area contributed by atoms with Crippen LogP contribution in [-0.2, 0) is 17.7 Å². The van der Waals surface area contributed by atoms with Gasteiger partial charge in [-0.2, -0.15) is 0 Å². The zero-order valence-electron chi connectivity index (χ0n) is 14.0. The summed E-state index contributed by atoms with van der Waals surface area (Å²) in [6, 6.07) is 7.32. The molecule has 3 heteroatoms. The Balaban J connectivity index is 1.96. The molecule has 21 heavy (non-hydrogen) atoms. The normalized spacial score (nSPS) is 16.1. The molecular weight excluding hydrogens is 260 g/mol. The molecule has 0 aromatic heterocycles. The largest absolute Gasteiger partial charge is 0.380 e. The average Bonchev–Trinajstić information content (AvgIpc) is 2.47. The summed E-state index contributed by atoms with van der Waals surface area (Å²) in [5.74, 6) is 0.584. The number of aryl methyl sites for hydroxylation is 1. The van der Waals surface area contributed by atoms with Crippen LogP contribution >= 0.6 is 0 Å². The van der Waals surface area contributed by atoms with E-state index in [9.17, 15) is 0 Å². The van der Waals surface area contributed by atoms with Gasteiger partial charge in [0.05, 0.1) is 6.61 Å². The van der Waals surface area contributed by atoms with Crippen molar-refractivity contribution in [1.82, 2.24) is 5.32 Å². The Bertz CT molecular complexity index is 445. The summed E-state index contributed by atoms with van der Waals surface area (Å²) in [5.41, 5.74) is 4.28. The summed E-state index contributed by atoms with van der Waals surface area (Å²) in [6.45, 7) is 10.2. The monoisotopic (exact) mass is 290 g/mol. The van der Waals surface area contributed by atoms with Crippen molar-refractivity contribution in [3.63, 3.8) is 0 Å². The van der Waals surface area contributed by atoms with Crippen molar-refractivity contribution in [3.05, 3.63) is 29.3 Å². The molecule has 0 radical (unpaired) electrons. The van der Waals surface area contributed by atoms with Crippen LogP contribution in [0, 0.1) is 5.92 Å². The van der Waals surface area contributed by atoms with E-state index in [0.29, 0.717) is 12.0 Å². The molecular formula is C18H30N2O. The second kappa shape index (κ2) is 7.81. The Morgan fingerprint density at radius 2 is 2.14 bits per heavy atom. The van der Waals surface area contributed by atoms with Crippen molar-refractivity contribution < 1.29 is 4.74 Å². The standard InChI is InChI=1S/C18H30N2O/c1-5-21-13-17(14(2)3)19-12-15-8-9-18-16(11-15)7-6-10-20(18)4/h8-9,11,14,17,19H,5-7,10,12-13H2,1-4H3. The van der Waals surface area contributed by atoms with E-state index in [2.05, 4.69) is 56.2 Å². The molecule has 0 bridgehead atoms. The molecule has 1 atom stereocenters. The number of benzene rings is 1. The predicted octanol–water partition coefficient (Wildman–Crippen LogP) is 3.22. The molecule has 0 amide bonds. The van der Waals surface area contributed by atoms with Crippen LogP contribution in [-0.4, -0.2) is 32.8 Å². The smallest absolute Gasteiger partial charge is 0.0622 e. The molecule has 0 saturated heterocycles. The summed E-state index contributed by atoms with van der Waals surface area (Å²) in [6.07, 6.45) is 2.47. The Morgan fingerprint density at radius 1 is 1.33 bits per heavy atom. The second-order valence-corrected chi connectivity index (χ2v) is 6.38. The van der Waals surface area contributed by atoms with Crippen molar-refractivity contribution in [2.75, 3.05) is 31.7 Å². The number of rotatable bonds is 7. The van der Waals surface area contributed by atoms with Gasteiger partial charge in [0.1, 0.15) is 0 Å². The fourth-order valence-corrected chi connectivity index (χ4v) is 2.93. The molecule has 118 valence electrons. The highest BCUT2D eigenvalue weighted by Gasteiger charge is 2.15. The topological polar surface area (TPSA) is 24.5 Å². The fourth-order valence-electron chi connectivity index (χ4n) is 2.93. The van der Waals surface area contributed by atoms with Crippen LogP contribution in [0.2, 0.25) is 0 Å². The maximum atomic E-state index is 5.58. The van der Waals surface area contributed by atoms with E-state index in [1.165, 1.54) is 36.2 Å². The van der Waals surface area contributed by atoms with Gasteiger partial charge < -0.3 is 15.0 Å². The van der Waals surface area contributed by atoms with E-state index >= 15 is 0 Å². The van der Waals surface area contributed by atoms with Gasteiger partial charge in [0.15, 0.2) is 0 Å². The van der Waals surface area contributed by atoms with Crippen molar-refractivity contribution in [1.29, 1.82) is 0 Å². The minimum Gasteiger partial charge on any atom is -0.380 e. The number of hydrogen-bond donors (Lipinski definition) is 1. The fraction of sp³-hybridized carbons (Fsp3) is 0.667. The maximum Gasteiger partial charge on any atom is 0.0622 e. The minimum absolute atomic E-state index is 0.420. The lowest BCUT2D eigenvalue weighted by Crippen LogP contribution is -2.37. The SMILES string of the molecule is CCOCC(NCc1ccc2c(c1)CCCN2C)C(C)C. The molecule has 1 unspecified atom stereocenters. The van der Waals surface area contributed by atoms with Gasteiger partial charge >= 0.3 is 0 Å². The Hall–Kier alpha value is -1.06. The predicted molar refractivity (Wildman–Crippen MR) is 90.0 cm³/mol. The van der Waals surface area contributed by atoms with Gasteiger partial charge in [-0.1, -0.05) is 26.0 Å². The zero-order chi connectivity index (χ0) is 15.2. The van der Waals surface area contributed by atoms with Gasteiger partial charge in [0, 0.05) is 38.5 Å². The summed E-state index contributed by atoms with van der Waals surface area (Å²) >= 11 is 0. The van der Waals surface area contributed by atoms with Gasteiger partial charge in [0.2, 0.25) is 0 Å². The number of anilines is 1. The molecule has 1 N–H and O–H groups in total. The third kappa shape index (κ3) is 4.45. The summed E-state index contributed by atoms with van der Waals surface area (Å²) in [7, 11) is 2.19. The summed E-state index contributed by atoms with van der Waals surface area (Å²) < 4.78 is 5.58. The van der Waals surface area contributed by atoms with Gasteiger partial charge in [-0.15, -0.1) is 0 Å². The van der Waals surface area contributed by atoms with Crippen LogP contribution in [0.3, 0.4) is 0 Å². The molecule has 1 aliphatic heterocycles. The zero-order valence-corrected chi connectivity index (χ0v) is 14.0. The summed E-state index contributed by atoms with van der Waals surface area (Å²) in [4.78, 5) is 2.36. The quantitative estimate of drug-likeness (QED) is 0.834. The highest BCUT2D eigenvalue weighted by molar-refractivity contribution is 5.56. The second-order valence-electron chi connectivity index (χ2n) is 6.38. The van der Waals surface area contributed by atoms with Crippen LogP contribution < -0.4 is 10.2 Å². The average molecular weight is 290 g/mol. The van der Waals surface area contributed by atoms with Crippen LogP contribution in [0.15, 0.2) is 18.2 Å². The van der Waals surface area contributed by atoms with Gasteiger partial charge in [-0.3, -0.25) is 0 Å². The van der Waals surface area contributed by atoms with Gasteiger partial charge in [-0.05, 0) is 42.9 Å². The first kappa shape index (κ1) is 16.3. The molecule has 1 heterocycles. The molecule has 1 aromatic carbocycles. The molecule has 2 rings (SSSR count). The van der Waals surface area contributed by atoms with Crippen molar-refractivity contribution in [3.8, 4) is 0 Å². The van der Waals surface area contributed by atoms with Crippen LogP contribution in [0.1, 0.15) is 38.3 Å². The number of fused-ring (bicyclic) bond motifs is 1. The van der Waals surface area contributed by atoms with E-state index in [4.69, 9.17) is 4.74 Å². The lowest BCUT2D eigenvalue weighted by molar-refractivity contribution is 0.108. The Morgan fingerprint density at radius 3 is 2.86 bits per heavy atom. The highest BCUT2D eigenvalue weighted by atomic mass is 16.5. The van der Waals surface area contributed by atoms with Crippen LogP contribution in [0.5, 0.6) is 0 Å². The minimum atomic E-state index is 0.420. The van der Waals surface area contributed by atoms with E-state index < -0.39 is 0 Å². The molecule has 1 aliphatic rings.